The molecule has 18 heavy (non-hydrogen) atoms. The zero-order valence-electron chi connectivity index (χ0n) is 11.7. The Morgan fingerprint density at radius 2 is 1.78 bits per heavy atom. The lowest BCUT2D eigenvalue weighted by atomic mass is 9.94. The Bertz CT molecular complexity index is 386. The molecule has 1 rings (SSSR count). The lowest BCUT2D eigenvalue weighted by molar-refractivity contribution is 0.353. The van der Waals surface area contributed by atoms with Crippen LogP contribution in [-0.4, -0.2) is 19.8 Å². The van der Waals surface area contributed by atoms with E-state index < -0.39 is 0 Å². The maximum Gasteiger partial charge on any atom is 0.161 e. The molecule has 4 N–H and O–H groups in total. The quantitative estimate of drug-likeness (QED) is 0.814. The van der Waals surface area contributed by atoms with E-state index in [1.165, 1.54) is 0 Å². The minimum Gasteiger partial charge on any atom is -0.493 e. The van der Waals surface area contributed by atoms with Gasteiger partial charge in [0.2, 0.25) is 0 Å². The zero-order chi connectivity index (χ0) is 13.8. The molecule has 1 unspecified atom stereocenters. The Morgan fingerprint density at radius 3 is 2.28 bits per heavy atom. The molecule has 4 nitrogen and oxygen atoms in total. The molecule has 1 aromatic carbocycles. The van der Waals surface area contributed by atoms with Gasteiger partial charge in [0.25, 0.3) is 0 Å². The topological polar surface area (TPSA) is 70.5 Å². The molecule has 0 amide bonds. The molecule has 4 heteroatoms. The van der Waals surface area contributed by atoms with Crippen molar-refractivity contribution in [2.45, 2.75) is 38.3 Å². The van der Waals surface area contributed by atoms with Crippen LogP contribution >= 0.6 is 0 Å². The van der Waals surface area contributed by atoms with Crippen molar-refractivity contribution in [2.24, 2.45) is 11.5 Å². The fourth-order valence-electron chi connectivity index (χ4n) is 1.78. The summed E-state index contributed by atoms with van der Waals surface area (Å²) in [7, 11) is 3.24. The van der Waals surface area contributed by atoms with Crippen LogP contribution in [-0.2, 0) is 0 Å². The van der Waals surface area contributed by atoms with Gasteiger partial charge in [0.15, 0.2) is 11.5 Å². The first-order valence-electron chi connectivity index (χ1n) is 6.14. The second kappa shape index (κ2) is 6.07. The van der Waals surface area contributed by atoms with Gasteiger partial charge in [-0.2, -0.15) is 0 Å². The summed E-state index contributed by atoms with van der Waals surface area (Å²) in [6.45, 7) is 4.02. The Labute approximate surface area is 109 Å². The average molecular weight is 252 g/mol. The lowest BCUT2D eigenvalue weighted by Gasteiger charge is -2.21. The molecule has 0 aromatic heterocycles. The lowest BCUT2D eigenvalue weighted by Crippen LogP contribution is -2.32. The van der Waals surface area contributed by atoms with Crippen LogP contribution in [0.5, 0.6) is 11.5 Å². The van der Waals surface area contributed by atoms with Gasteiger partial charge < -0.3 is 20.9 Å². The molecule has 0 spiro atoms. The predicted octanol–water partition coefficient (Wildman–Crippen LogP) is 2.22. The molecule has 0 fully saturated rings. The number of rotatable bonds is 6. The van der Waals surface area contributed by atoms with Gasteiger partial charge in [0, 0.05) is 11.6 Å². The molecule has 0 aliphatic rings. The van der Waals surface area contributed by atoms with E-state index >= 15 is 0 Å². The highest BCUT2D eigenvalue weighted by atomic mass is 16.5. The van der Waals surface area contributed by atoms with E-state index in [0.717, 1.165) is 18.4 Å². The minimum atomic E-state index is -0.186. The van der Waals surface area contributed by atoms with E-state index in [2.05, 4.69) is 0 Å². The maximum absolute atomic E-state index is 6.17. The third kappa shape index (κ3) is 4.20. The summed E-state index contributed by atoms with van der Waals surface area (Å²) in [5, 5.41) is 0. The molecule has 0 saturated heterocycles. The Morgan fingerprint density at radius 1 is 1.17 bits per heavy atom. The smallest absolute Gasteiger partial charge is 0.161 e. The first kappa shape index (κ1) is 14.8. The van der Waals surface area contributed by atoms with Gasteiger partial charge in [-0.05, 0) is 44.4 Å². The van der Waals surface area contributed by atoms with Gasteiger partial charge >= 0.3 is 0 Å². The van der Waals surface area contributed by atoms with Gasteiger partial charge in [0.05, 0.1) is 14.2 Å². The second-order valence-electron chi connectivity index (χ2n) is 5.25. The molecule has 0 aliphatic carbocycles. The van der Waals surface area contributed by atoms with Gasteiger partial charge in [-0.1, -0.05) is 6.07 Å². The van der Waals surface area contributed by atoms with Gasteiger partial charge in [0.1, 0.15) is 0 Å². The van der Waals surface area contributed by atoms with Crippen LogP contribution in [0.15, 0.2) is 18.2 Å². The van der Waals surface area contributed by atoms with E-state index in [4.69, 9.17) is 20.9 Å². The van der Waals surface area contributed by atoms with Crippen molar-refractivity contribution in [3.05, 3.63) is 23.8 Å². The largest absolute Gasteiger partial charge is 0.493 e. The molecule has 0 bridgehead atoms. The number of hydrogen-bond donors (Lipinski definition) is 2. The number of hydrogen-bond acceptors (Lipinski definition) is 4. The summed E-state index contributed by atoms with van der Waals surface area (Å²) in [6.07, 6.45) is 1.72. The van der Waals surface area contributed by atoms with Crippen molar-refractivity contribution in [3.8, 4) is 11.5 Å². The first-order valence-corrected chi connectivity index (χ1v) is 6.14. The van der Waals surface area contributed by atoms with Crippen molar-refractivity contribution in [1.29, 1.82) is 0 Å². The molecule has 0 radical (unpaired) electrons. The molecular weight excluding hydrogens is 228 g/mol. The first-order chi connectivity index (χ1) is 8.37. The molecule has 1 atom stereocenters. The van der Waals surface area contributed by atoms with Gasteiger partial charge in [-0.15, -0.1) is 0 Å². The highest BCUT2D eigenvalue weighted by molar-refractivity contribution is 5.43. The third-order valence-corrected chi connectivity index (χ3v) is 2.94. The van der Waals surface area contributed by atoms with Crippen molar-refractivity contribution in [1.82, 2.24) is 0 Å². The van der Waals surface area contributed by atoms with Crippen molar-refractivity contribution in [2.75, 3.05) is 14.2 Å². The average Bonchev–Trinajstić information content (AvgIpc) is 2.34. The van der Waals surface area contributed by atoms with Crippen molar-refractivity contribution < 1.29 is 9.47 Å². The summed E-state index contributed by atoms with van der Waals surface area (Å²) in [4.78, 5) is 0. The molecule has 0 saturated carbocycles. The Hall–Kier alpha value is -1.26. The van der Waals surface area contributed by atoms with Crippen LogP contribution in [0.25, 0.3) is 0 Å². The molecular formula is C14H24N2O2. The van der Waals surface area contributed by atoms with Gasteiger partial charge in [-0.3, -0.25) is 0 Å². The fourth-order valence-corrected chi connectivity index (χ4v) is 1.78. The highest BCUT2D eigenvalue weighted by Crippen LogP contribution is 2.30. The number of benzene rings is 1. The van der Waals surface area contributed by atoms with E-state index in [9.17, 15) is 0 Å². The third-order valence-electron chi connectivity index (χ3n) is 2.94. The molecule has 0 aliphatic heterocycles. The van der Waals surface area contributed by atoms with E-state index in [1.807, 2.05) is 32.0 Å². The number of methoxy groups -OCH3 is 2. The van der Waals surface area contributed by atoms with Crippen LogP contribution in [0.2, 0.25) is 0 Å². The van der Waals surface area contributed by atoms with Crippen LogP contribution in [0.3, 0.4) is 0 Å². The van der Waals surface area contributed by atoms with E-state index in [0.29, 0.717) is 11.5 Å². The predicted molar refractivity (Wildman–Crippen MR) is 74.0 cm³/mol. The van der Waals surface area contributed by atoms with Crippen LogP contribution in [0, 0.1) is 0 Å². The molecule has 0 heterocycles. The zero-order valence-corrected chi connectivity index (χ0v) is 11.7. The van der Waals surface area contributed by atoms with Crippen LogP contribution in [0.4, 0.5) is 0 Å². The SMILES string of the molecule is COc1ccc(C(N)CCC(C)(C)N)cc1OC. The standard InChI is InChI=1S/C14H24N2O2/c1-14(2,16)8-7-11(15)10-5-6-12(17-3)13(9-10)18-4/h5-6,9,11H,7-8,15-16H2,1-4H3. The van der Waals surface area contributed by atoms with E-state index in [1.54, 1.807) is 14.2 Å². The summed E-state index contributed by atoms with van der Waals surface area (Å²) in [5.74, 6) is 1.42. The normalized spacial score (nSPS) is 13.2. The Balaban J connectivity index is 2.77. The monoisotopic (exact) mass is 252 g/mol. The Kier molecular flexibility index (Phi) is 4.99. The second-order valence-corrected chi connectivity index (χ2v) is 5.25. The van der Waals surface area contributed by atoms with Crippen LogP contribution in [0.1, 0.15) is 38.3 Å². The molecule has 1 aromatic rings. The summed E-state index contributed by atoms with van der Waals surface area (Å²) < 4.78 is 10.5. The molecule has 102 valence electrons. The summed E-state index contributed by atoms with van der Waals surface area (Å²) in [5.41, 5.74) is 13.0. The van der Waals surface area contributed by atoms with E-state index in [-0.39, 0.29) is 11.6 Å². The minimum absolute atomic E-state index is 0.0346. The number of nitrogens with two attached hydrogens (primary N) is 2. The summed E-state index contributed by atoms with van der Waals surface area (Å²) >= 11 is 0. The van der Waals surface area contributed by atoms with Gasteiger partial charge in [-0.25, -0.2) is 0 Å². The van der Waals surface area contributed by atoms with Crippen molar-refractivity contribution >= 4 is 0 Å². The number of ether oxygens (including phenoxy) is 2. The van der Waals surface area contributed by atoms with Crippen LogP contribution < -0.4 is 20.9 Å². The highest BCUT2D eigenvalue weighted by Gasteiger charge is 2.15. The fraction of sp³-hybridized carbons (Fsp3) is 0.571. The summed E-state index contributed by atoms with van der Waals surface area (Å²) in [6, 6.07) is 5.73. The van der Waals surface area contributed by atoms with Crippen molar-refractivity contribution in [3.63, 3.8) is 0 Å². The maximum atomic E-state index is 6.17.